The maximum atomic E-state index is 10.9. The molecule has 3 heteroatoms. The van der Waals surface area contributed by atoms with Crippen molar-refractivity contribution >= 4 is 5.97 Å². The van der Waals surface area contributed by atoms with Crippen molar-refractivity contribution in [3.63, 3.8) is 0 Å². The topological polar surface area (TPSA) is 38.3 Å². The summed E-state index contributed by atoms with van der Waals surface area (Å²) in [5, 5.41) is 3.51. The molecule has 0 radical (unpaired) electrons. The predicted octanol–water partition coefficient (Wildman–Crippen LogP) is 2.11. The molecule has 0 amide bonds. The molecular formula is C12H23NO2. The van der Waals surface area contributed by atoms with Gasteiger partial charge in [0.1, 0.15) is 0 Å². The second-order valence-corrected chi connectivity index (χ2v) is 4.59. The lowest BCUT2D eigenvalue weighted by Crippen LogP contribution is -2.33. The fourth-order valence-corrected chi connectivity index (χ4v) is 2.11. The average molecular weight is 213 g/mol. The van der Waals surface area contributed by atoms with E-state index in [2.05, 4.69) is 17.0 Å². The monoisotopic (exact) mass is 213 g/mol. The summed E-state index contributed by atoms with van der Waals surface area (Å²) in [5.41, 5.74) is 0. The van der Waals surface area contributed by atoms with Crippen LogP contribution in [-0.4, -0.2) is 25.7 Å². The molecule has 0 aromatic carbocycles. The molecule has 3 nitrogen and oxygen atoms in total. The number of hydrogen-bond acceptors (Lipinski definition) is 3. The highest BCUT2D eigenvalue weighted by Crippen LogP contribution is 2.23. The molecule has 15 heavy (non-hydrogen) atoms. The number of ether oxygens (including phenoxy) is 1. The highest BCUT2D eigenvalue weighted by Gasteiger charge is 2.17. The van der Waals surface area contributed by atoms with E-state index in [-0.39, 0.29) is 5.97 Å². The Kier molecular flexibility index (Phi) is 5.69. The van der Waals surface area contributed by atoms with Crippen LogP contribution in [0.4, 0.5) is 0 Å². The third-order valence-corrected chi connectivity index (χ3v) is 3.23. The lowest BCUT2D eigenvalue weighted by Gasteiger charge is -2.26. The summed E-state index contributed by atoms with van der Waals surface area (Å²) in [7, 11) is 1.44. The van der Waals surface area contributed by atoms with Gasteiger partial charge in [0.05, 0.1) is 7.11 Å². The van der Waals surface area contributed by atoms with Crippen LogP contribution in [0.25, 0.3) is 0 Å². The second kappa shape index (κ2) is 6.83. The maximum Gasteiger partial charge on any atom is 0.305 e. The average Bonchev–Trinajstić information content (AvgIpc) is 2.26. The van der Waals surface area contributed by atoms with Gasteiger partial charge >= 0.3 is 5.97 Å². The molecule has 1 saturated carbocycles. The zero-order chi connectivity index (χ0) is 11.1. The molecule has 0 unspecified atom stereocenters. The number of carbonyl (C=O) groups is 1. The molecule has 1 aliphatic carbocycles. The second-order valence-electron chi connectivity index (χ2n) is 4.59. The third-order valence-electron chi connectivity index (χ3n) is 3.23. The van der Waals surface area contributed by atoms with Gasteiger partial charge in [-0.15, -0.1) is 0 Å². The van der Waals surface area contributed by atoms with E-state index < -0.39 is 0 Å². The lowest BCUT2D eigenvalue weighted by atomic mass is 9.87. The summed E-state index contributed by atoms with van der Waals surface area (Å²) in [6.45, 7) is 3.27. The third kappa shape index (κ3) is 5.17. The Balaban J connectivity index is 1.98. The van der Waals surface area contributed by atoms with Gasteiger partial charge in [0, 0.05) is 12.5 Å². The quantitative estimate of drug-likeness (QED) is 0.561. The van der Waals surface area contributed by atoms with Gasteiger partial charge < -0.3 is 10.1 Å². The number of esters is 1. The van der Waals surface area contributed by atoms with Gasteiger partial charge in [-0.05, 0) is 44.6 Å². The van der Waals surface area contributed by atoms with Gasteiger partial charge in [0.25, 0.3) is 0 Å². The van der Waals surface area contributed by atoms with E-state index in [1.54, 1.807) is 0 Å². The first-order valence-corrected chi connectivity index (χ1v) is 6.02. The first kappa shape index (κ1) is 12.5. The molecule has 0 atom stereocenters. The van der Waals surface area contributed by atoms with Crippen LogP contribution in [0.3, 0.4) is 0 Å². The lowest BCUT2D eigenvalue weighted by molar-refractivity contribution is -0.140. The van der Waals surface area contributed by atoms with E-state index >= 15 is 0 Å². The summed E-state index contributed by atoms with van der Waals surface area (Å²) < 4.78 is 4.59. The Morgan fingerprint density at radius 3 is 2.60 bits per heavy atom. The summed E-state index contributed by atoms with van der Waals surface area (Å²) in [6.07, 6.45) is 6.69. The zero-order valence-electron chi connectivity index (χ0n) is 9.92. The normalized spacial score (nSPS) is 26.3. The van der Waals surface area contributed by atoms with Gasteiger partial charge in [-0.25, -0.2) is 0 Å². The fourth-order valence-electron chi connectivity index (χ4n) is 2.11. The van der Waals surface area contributed by atoms with Crippen molar-refractivity contribution in [3.05, 3.63) is 0 Å². The van der Waals surface area contributed by atoms with Crippen LogP contribution in [0.15, 0.2) is 0 Å². The molecule has 88 valence electrons. The molecular weight excluding hydrogens is 190 g/mol. The highest BCUT2D eigenvalue weighted by molar-refractivity contribution is 5.69. The Labute approximate surface area is 92.6 Å². The molecule has 1 rings (SSSR count). The fraction of sp³-hybridized carbons (Fsp3) is 0.917. The Bertz CT molecular complexity index is 186. The van der Waals surface area contributed by atoms with E-state index in [9.17, 15) is 4.79 Å². The van der Waals surface area contributed by atoms with Crippen molar-refractivity contribution in [1.82, 2.24) is 5.32 Å². The van der Waals surface area contributed by atoms with Crippen molar-refractivity contribution < 1.29 is 9.53 Å². The van der Waals surface area contributed by atoms with Gasteiger partial charge in [0.2, 0.25) is 0 Å². The Hall–Kier alpha value is -0.570. The van der Waals surface area contributed by atoms with Gasteiger partial charge in [-0.3, -0.25) is 4.79 Å². The number of carbonyl (C=O) groups excluding carboxylic acids is 1. The van der Waals surface area contributed by atoms with Crippen molar-refractivity contribution in [1.29, 1.82) is 0 Å². The highest BCUT2D eigenvalue weighted by atomic mass is 16.5. The number of nitrogens with one attached hydrogen (secondary N) is 1. The Morgan fingerprint density at radius 1 is 1.33 bits per heavy atom. The number of rotatable bonds is 5. The minimum absolute atomic E-state index is 0.103. The van der Waals surface area contributed by atoms with E-state index in [4.69, 9.17) is 0 Å². The van der Waals surface area contributed by atoms with E-state index in [0.717, 1.165) is 18.9 Å². The summed E-state index contributed by atoms with van der Waals surface area (Å²) in [5.74, 6) is 0.798. The molecule has 1 fully saturated rings. The number of methoxy groups -OCH3 is 1. The molecule has 0 heterocycles. The van der Waals surface area contributed by atoms with Gasteiger partial charge in [-0.1, -0.05) is 6.92 Å². The molecule has 0 aliphatic heterocycles. The van der Waals surface area contributed by atoms with Crippen LogP contribution >= 0.6 is 0 Å². The van der Waals surface area contributed by atoms with Gasteiger partial charge in [0.15, 0.2) is 0 Å². The molecule has 0 saturated heterocycles. The van der Waals surface area contributed by atoms with Crippen LogP contribution in [0.2, 0.25) is 0 Å². The minimum Gasteiger partial charge on any atom is -0.469 e. The molecule has 0 aromatic rings. The minimum atomic E-state index is -0.103. The SMILES string of the molecule is COC(=O)CCCNC1CCC(C)CC1. The maximum absolute atomic E-state index is 10.9. The molecule has 1 N–H and O–H groups in total. The molecule has 0 bridgehead atoms. The van der Waals surface area contributed by atoms with Crippen LogP contribution < -0.4 is 5.32 Å². The summed E-state index contributed by atoms with van der Waals surface area (Å²) in [6, 6.07) is 0.679. The van der Waals surface area contributed by atoms with Crippen LogP contribution in [-0.2, 0) is 9.53 Å². The van der Waals surface area contributed by atoms with Crippen molar-refractivity contribution in [2.45, 2.75) is 51.5 Å². The number of hydrogen-bond donors (Lipinski definition) is 1. The van der Waals surface area contributed by atoms with Crippen molar-refractivity contribution in [3.8, 4) is 0 Å². The van der Waals surface area contributed by atoms with Crippen LogP contribution in [0, 0.1) is 5.92 Å². The first-order chi connectivity index (χ1) is 7.22. The van der Waals surface area contributed by atoms with E-state index in [1.165, 1.54) is 32.8 Å². The van der Waals surface area contributed by atoms with Gasteiger partial charge in [-0.2, -0.15) is 0 Å². The zero-order valence-corrected chi connectivity index (χ0v) is 9.92. The predicted molar refractivity (Wildman–Crippen MR) is 60.7 cm³/mol. The van der Waals surface area contributed by atoms with E-state index in [0.29, 0.717) is 12.5 Å². The summed E-state index contributed by atoms with van der Waals surface area (Å²) in [4.78, 5) is 10.9. The smallest absolute Gasteiger partial charge is 0.305 e. The summed E-state index contributed by atoms with van der Waals surface area (Å²) >= 11 is 0. The van der Waals surface area contributed by atoms with Crippen LogP contribution in [0.1, 0.15) is 45.4 Å². The first-order valence-electron chi connectivity index (χ1n) is 6.02. The molecule has 0 spiro atoms. The van der Waals surface area contributed by atoms with Crippen molar-refractivity contribution in [2.24, 2.45) is 5.92 Å². The van der Waals surface area contributed by atoms with Crippen LogP contribution in [0.5, 0.6) is 0 Å². The molecule has 0 aromatic heterocycles. The van der Waals surface area contributed by atoms with Crippen molar-refractivity contribution in [2.75, 3.05) is 13.7 Å². The van der Waals surface area contributed by atoms with E-state index in [1.807, 2.05) is 0 Å². The largest absolute Gasteiger partial charge is 0.469 e. The molecule has 1 aliphatic rings. The standard InChI is InChI=1S/C12H23NO2/c1-10-5-7-11(8-6-10)13-9-3-4-12(14)15-2/h10-11,13H,3-9H2,1-2H3. The Morgan fingerprint density at radius 2 is 2.00 bits per heavy atom.